The number of nitrogens with one attached hydrogen (secondary N) is 2. The third-order valence-electron chi connectivity index (χ3n) is 5.16. The van der Waals surface area contributed by atoms with E-state index in [-0.39, 0.29) is 11.7 Å². The van der Waals surface area contributed by atoms with Gasteiger partial charge in [0.15, 0.2) is 5.76 Å². The molecule has 0 aliphatic heterocycles. The number of hydrogen-bond acceptors (Lipinski definition) is 4. The summed E-state index contributed by atoms with van der Waals surface area (Å²) in [6.07, 6.45) is 4.30. The van der Waals surface area contributed by atoms with Crippen molar-refractivity contribution < 1.29 is 18.7 Å². The fraction of sp³-hybridized carbons (Fsp3) is 0.280. The maximum absolute atomic E-state index is 13.1. The van der Waals surface area contributed by atoms with Crippen LogP contribution in [0.3, 0.4) is 0 Å². The van der Waals surface area contributed by atoms with E-state index >= 15 is 0 Å². The Hall–Kier alpha value is -3.38. The van der Waals surface area contributed by atoms with Crippen molar-refractivity contribution in [2.75, 3.05) is 11.9 Å². The van der Waals surface area contributed by atoms with Crippen LogP contribution in [0.4, 0.5) is 5.69 Å². The lowest BCUT2D eigenvalue weighted by atomic mass is 10.0. The maximum atomic E-state index is 13.1. The van der Waals surface area contributed by atoms with Crippen LogP contribution in [0.1, 0.15) is 34.5 Å². The molecule has 4 rings (SSSR count). The summed E-state index contributed by atoms with van der Waals surface area (Å²) < 4.78 is 10.9. The second-order valence-electron chi connectivity index (χ2n) is 7.84. The van der Waals surface area contributed by atoms with Crippen LogP contribution in [0.5, 0.6) is 0 Å². The molecule has 1 fully saturated rings. The molecule has 1 unspecified atom stereocenters. The summed E-state index contributed by atoms with van der Waals surface area (Å²) in [4.78, 5) is 25.6. The van der Waals surface area contributed by atoms with Gasteiger partial charge in [0.05, 0.1) is 12.9 Å². The zero-order chi connectivity index (χ0) is 21.5. The Morgan fingerprint density at radius 1 is 1.00 bits per heavy atom. The highest BCUT2D eigenvalue weighted by molar-refractivity contribution is 6.00. The first-order chi connectivity index (χ1) is 15.2. The van der Waals surface area contributed by atoms with Crippen LogP contribution in [0, 0.1) is 5.92 Å². The van der Waals surface area contributed by atoms with Gasteiger partial charge >= 0.3 is 0 Å². The Kier molecular flexibility index (Phi) is 6.79. The predicted octanol–water partition coefficient (Wildman–Crippen LogP) is 4.19. The molecule has 1 aliphatic rings. The second-order valence-corrected chi connectivity index (χ2v) is 7.84. The highest BCUT2D eigenvalue weighted by Gasteiger charge is 2.23. The largest absolute Gasteiger partial charge is 0.459 e. The molecule has 0 saturated heterocycles. The third-order valence-corrected chi connectivity index (χ3v) is 5.16. The van der Waals surface area contributed by atoms with Crippen LogP contribution in [0.15, 0.2) is 77.4 Å². The minimum Gasteiger partial charge on any atom is -0.459 e. The SMILES string of the molecule is O=C(NC(Cc1ccccc1)C(=O)Nc1cccc(COCC2CC2)c1)c1ccco1. The van der Waals surface area contributed by atoms with E-state index in [0.717, 1.165) is 17.7 Å². The Morgan fingerprint density at radius 2 is 1.81 bits per heavy atom. The summed E-state index contributed by atoms with van der Waals surface area (Å²) in [7, 11) is 0. The predicted molar refractivity (Wildman–Crippen MR) is 118 cm³/mol. The molecule has 2 aromatic carbocycles. The maximum Gasteiger partial charge on any atom is 0.287 e. The molecule has 2 amide bonds. The van der Waals surface area contributed by atoms with Crippen LogP contribution >= 0.6 is 0 Å². The van der Waals surface area contributed by atoms with E-state index in [1.54, 1.807) is 12.1 Å². The number of ether oxygens (including phenoxy) is 1. The van der Waals surface area contributed by atoms with E-state index < -0.39 is 11.9 Å². The third kappa shape index (κ3) is 6.30. The van der Waals surface area contributed by atoms with Gasteiger partial charge < -0.3 is 19.8 Å². The molecule has 31 heavy (non-hydrogen) atoms. The van der Waals surface area contributed by atoms with Crippen LogP contribution in [-0.4, -0.2) is 24.5 Å². The molecule has 160 valence electrons. The summed E-state index contributed by atoms with van der Waals surface area (Å²) in [6, 6.07) is 19.6. The average Bonchev–Trinajstić information content (AvgIpc) is 3.43. The van der Waals surface area contributed by atoms with Gasteiger partial charge in [-0.05, 0) is 54.2 Å². The fourth-order valence-electron chi connectivity index (χ4n) is 3.29. The Morgan fingerprint density at radius 3 is 2.55 bits per heavy atom. The summed E-state index contributed by atoms with van der Waals surface area (Å²) in [5, 5.41) is 5.71. The van der Waals surface area contributed by atoms with Gasteiger partial charge in [0.2, 0.25) is 5.91 Å². The number of furan rings is 1. The van der Waals surface area contributed by atoms with Crippen LogP contribution < -0.4 is 10.6 Å². The molecule has 3 aromatic rings. The highest BCUT2D eigenvalue weighted by Crippen LogP contribution is 2.29. The number of hydrogen-bond donors (Lipinski definition) is 2. The molecular formula is C25H26N2O4. The van der Waals surface area contributed by atoms with Gasteiger partial charge in [-0.25, -0.2) is 0 Å². The molecule has 1 aliphatic carbocycles. The van der Waals surface area contributed by atoms with Gasteiger partial charge in [-0.3, -0.25) is 9.59 Å². The quantitative estimate of drug-likeness (QED) is 0.517. The van der Waals surface area contributed by atoms with Crippen molar-refractivity contribution in [1.82, 2.24) is 5.32 Å². The number of anilines is 1. The first-order valence-corrected chi connectivity index (χ1v) is 10.5. The van der Waals surface area contributed by atoms with E-state index in [9.17, 15) is 9.59 Å². The van der Waals surface area contributed by atoms with Crippen LogP contribution in [0.25, 0.3) is 0 Å². The molecule has 6 heteroatoms. The van der Waals surface area contributed by atoms with Gasteiger partial charge in [-0.2, -0.15) is 0 Å². The lowest BCUT2D eigenvalue weighted by Gasteiger charge is -2.18. The molecule has 1 aromatic heterocycles. The molecule has 0 bridgehead atoms. The Bertz CT molecular complexity index is 997. The lowest BCUT2D eigenvalue weighted by Crippen LogP contribution is -2.45. The smallest absolute Gasteiger partial charge is 0.287 e. The van der Waals surface area contributed by atoms with Gasteiger partial charge in [-0.1, -0.05) is 42.5 Å². The average molecular weight is 418 g/mol. The van der Waals surface area contributed by atoms with E-state index in [4.69, 9.17) is 9.15 Å². The van der Waals surface area contributed by atoms with E-state index in [0.29, 0.717) is 24.6 Å². The van der Waals surface area contributed by atoms with E-state index in [2.05, 4.69) is 10.6 Å². The second kappa shape index (κ2) is 10.1. The van der Waals surface area contributed by atoms with E-state index in [1.807, 2.05) is 54.6 Å². The van der Waals surface area contributed by atoms with E-state index in [1.165, 1.54) is 19.1 Å². The number of amides is 2. The molecule has 6 nitrogen and oxygen atoms in total. The number of benzene rings is 2. The summed E-state index contributed by atoms with van der Waals surface area (Å²) in [6.45, 7) is 1.30. The van der Waals surface area contributed by atoms with Gasteiger partial charge in [0, 0.05) is 18.7 Å². The lowest BCUT2D eigenvalue weighted by molar-refractivity contribution is -0.118. The molecule has 0 radical (unpaired) electrons. The van der Waals surface area contributed by atoms with Crippen molar-refractivity contribution in [3.63, 3.8) is 0 Å². The van der Waals surface area contributed by atoms with Crippen molar-refractivity contribution in [3.05, 3.63) is 89.9 Å². The number of rotatable bonds is 10. The topological polar surface area (TPSA) is 80.6 Å². The normalized spacial score (nSPS) is 14.1. The highest BCUT2D eigenvalue weighted by atomic mass is 16.5. The minimum absolute atomic E-state index is 0.167. The van der Waals surface area contributed by atoms with Gasteiger partial charge in [0.25, 0.3) is 5.91 Å². The first-order valence-electron chi connectivity index (χ1n) is 10.5. The zero-order valence-corrected chi connectivity index (χ0v) is 17.3. The molecule has 2 N–H and O–H groups in total. The van der Waals surface area contributed by atoms with Gasteiger partial charge in [0.1, 0.15) is 6.04 Å². The van der Waals surface area contributed by atoms with Crippen molar-refractivity contribution >= 4 is 17.5 Å². The fourth-order valence-corrected chi connectivity index (χ4v) is 3.29. The molecular weight excluding hydrogens is 392 g/mol. The molecule has 1 saturated carbocycles. The van der Waals surface area contributed by atoms with Gasteiger partial charge in [-0.15, -0.1) is 0 Å². The van der Waals surface area contributed by atoms with Crippen molar-refractivity contribution in [2.45, 2.75) is 31.9 Å². The van der Waals surface area contributed by atoms with Crippen molar-refractivity contribution in [3.8, 4) is 0 Å². The summed E-state index contributed by atoms with van der Waals surface area (Å²) >= 11 is 0. The molecule has 1 atom stereocenters. The number of carbonyl (C=O) groups excluding carboxylic acids is 2. The Labute approximate surface area is 181 Å². The molecule has 0 spiro atoms. The summed E-state index contributed by atoms with van der Waals surface area (Å²) in [5.41, 5.74) is 2.62. The standard InChI is InChI=1S/C25H26N2O4/c28-24(26-21-9-4-8-20(14-21)17-30-16-19-11-12-19)22(15-18-6-2-1-3-7-18)27-25(29)23-10-5-13-31-23/h1-10,13-14,19,22H,11-12,15-17H2,(H,26,28)(H,27,29). The monoisotopic (exact) mass is 418 g/mol. The minimum atomic E-state index is -0.755. The van der Waals surface area contributed by atoms with Crippen LogP contribution in [-0.2, 0) is 22.6 Å². The number of carbonyl (C=O) groups is 2. The molecule has 1 heterocycles. The first kappa shape index (κ1) is 20.9. The summed E-state index contributed by atoms with van der Waals surface area (Å²) in [5.74, 6) is 0.156. The zero-order valence-electron chi connectivity index (χ0n) is 17.3. The Balaban J connectivity index is 1.42. The van der Waals surface area contributed by atoms with Crippen molar-refractivity contribution in [2.24, 2.45) is 5.92 Å². The van der Waals surface area contributed by atoms with Crippen molar-refractivity contribution in [1.29, 1.82) is 0 Å². The van der Waals surface area contributed by atoms with Crippen LogP contribution in [0.2, 0.25) is 0 Å².